The molecule has 0 aliphatic rings. The summed E-state index contributed by atoms with van der Waals surface area (Å²) in [4.78, 5) is 0. The highest BCUT2D eigenvalue weighted by atomic mass is 19.3. The standard InChI is InChI=1S/C10H11F3/c1-6(2)7-3-4-9(11)8(5-7)10(12)13/h3-6,10H,1-2H3. The summed E-state index contributed by atoms with van der Waals surface area (Å²) in [6.07, 6.45) is -2.74. The van der Waals surface area contributed by atoms with E-state index in [-0.39, 0.29) is 5.92 Å². The fourth-order valence-corrected chi connectivity index (χ4v) is 1.09. The van der Waals surface area contributed by atoms with Gasteiger partial charge in [-0.25, -0.2) is 13.2 Å². The number of hydrogen-bond donors (Lipinski definition) is 0. The van der Waals surface area contributed by atoms with Crippen molar-refractivity contribution in [3.63, 3.8) is 0 Å². The molecule has 0 saturated carbocycles. The zero-order valence-electron chi connectivity index (χ0n) is 7.52. The van der Waals surface area contributed by atoms with Crippen molar-refractivity contribution >= 4 is 0 Å². The van der Waals surface area contributed by atoms with Gasteiger partial charge < -0.3 is 0 Å². The molecule has 0 nitrogen and oxygen atoms in total. The normalized spacial score (nSPS) is 11.3. The minimum Gasteiger partial charge on any atom is -0.206 e. The van der Waals surface area contributed by atoms with Crippen molar-refractivity contribution in [2.45, 2.75) is 26.2 Å². The lowest BCUT2D eigenvalue weighted by Crippen LogP contribution is -1.95. The first-order chi connectivity index (χ1) is 6.02. The minimum atomic E-state index is -2.74. The van der Waals surface area contributed by atoms with Gasteiger partial charge >= 0.3 is 0 Å². The van der Waals surface area contributed by atoms with E-state index >= 15 is 0 Å². The number of hydrogen-bond acceptors (Lipinski definition) is 0. The van der Waals surface area contributed by atoms with Crippen LogP contribution in [0, 0.1) is 5.82 Å². The second kappa shape index (κ2) is 3.81. The number of benzene rings is 1. The minimum absolute atomic E-state index is 0.137. The van der Waals surface area contributed by atoms with Crippen molar-refractivity contribution in [1.82, 2.24) is 0 Å². The average molecular weight is 188 g/mol. The van der Waals surface area contributed by atoms with Gasteiger partial charge in [0.25, 0.3) is 6.43 Å². The van der Waals surface area contributed by atoms with Crippen LogP contribution in [0.15, 0.2) is 18.2 Å². The molecule has 1 aromatic rings. The smallest absolute Gasteiger partial charge is 0.206 e. The van der Waals surface area contributed by atoms with Crippen molar-refractivity contribution in [3.05, 3.63) is 35.1 Å². The Balaban J connectivity index is 3.11. The third-order valence-electron chi connectivity index (χ3n) is 1.92. The van der Waals surface area contributed by atoms with E-state index in [2.05, 4.69) is 0 Å². The predicted molar refractivity (Wildman–Crippen MR) is 45.4 cm³/mol. The molecule has 13 heavy (non-hydrogen) atoms. The molecule has 0 bridgehead atoms. The molecule has 72 valence electrons. The van der Waals surface area contributed by atoms with Crippen LogP contribution in [0.4, 0.5) is 13.2 Å². The molecule has 0 fully saturated rings. The summed E-state index contributed by atoms with van der Waals surface area (Å²) in [5, 5.41) is 0. The van der Waals surface area contributed by atoms with Gasteiger partial charge in [-0.05, 0) is 23.6 Å². The molecule has 0 aromatic heterocycles. The van der Waals surface area contributed by atoms with Crippen LogP contribution in [0.2, 0.25) is 0 Å². The van der Waals surface area contributed by atoms with E-state index in [0.717, 1.165) is 11.6 Å². The van der Waals surface area contributed by atoms with Gasteiger partial charge in [-0.2, -0.15) is 0 Å². The molecule has 0 amide bonds. The maximum Gasteiger partial charge on any atom is 0.266 e. The molecule has 0 atom stereocenters. The third-order valence-corrected chi connectivity index (χ3v) is 1.92. The Morgan fingerprint density at radius 1 is 1.15 bits per heavy atom. The average Bonchev–Trinajstić information content (AvgIpc) is 2.04. The van der Waals surface area contributed by atoms with Gasteiger partial charge in [0.05, 0.1) is 5.56 Å². The Morgan fingerprint density at radius 3 is 2.23 bits per heavy atom. The van der Waals surface area contributed by atoms with Crippen LogP contribution in [0.25, 0.3) is 0 Å². The fourth-order valence-electron chi connectivity index (χ4n) is 1.09. The zero-order valence-corrected chi connectivity index (χ0v) is 7.52. The summed E-state index contributed by atoms with van der Waals surface area (Å²) in [5.74, 6) is -0.697. The van der Waals surface area contributed by atoms with Crippen LogP contribution in [-0.4, -0.2) is 0 Å². The zero-order chi connectivity index (χ0) is 10.0. The van der Waals surface area contributed by atoms with Gasteiger partial charge in [0.2, 0.25) is 0 Å². The Bertz CT molecular complexity index is 292. The highest BCUT2D eigenvalue weighted by molar-refractivity contribution is 5.27. The quantitative estimate of drug-likeness (QED) is 0.660. The lowest BCUT2D eigenvalue weighted by Gasteiger charge is -2.08. The van der Waals surface area contributed by atoms with Gasteiger partial charge in [0, 0.05) is 0 Å². The molecule has 0 radical (unpaired) electrons. The fraction of sp³-hybridized carbons (Fsp3) is 0.400. The summed E-state index contributed by atoms with van der Waals surface area (Å²) < 4.78 is 37.3. The largest absolute Gasteiger partial charge is 0.266 e. The number of alkyl halides is 2. The second-order valence-corrected chi connectivity index (χ2v) is 3.24. The molecule has 0 aliphatic heterocycles. The lowest BCUT2D eigenvalue weighted by atomic mass is 10.0. The maximum absolute atomic E-state index is 12.8. The van der Waals surface area contributed by atoms with Crippen molar-refractivity contribution in [2.75, 3.05) is 0 Å². The van der Waals surface area contributed by atoms with Crippen LogP contribution in [0.1, 0.15) is 37.3 Å². The molecule has 0 saturated heterocycles. The van der Waals surface area contributed by atoms with Gasteiger partial charge in [0.1, 0.15) is 5.82 Å². The predicted octanol–water partition coefficient (Wildman–Crippen LogP) is 3.89. The van der Waals surface area contributed by atoms with E-state index in [1.165, 1.54) is 12.1 Å². The van der Waals surface area contributed by atoms with Crippen LogP contribution >= 0.6 is 0 Å². The van der Waals surface area contributed by atoms with Gasteiger partial charge in [-0.15, -0.1) is 0 Å². The summed E-state index contributed by atoms with van der Waals surface area (Å²) in [6, 6.07) is 3.85. The maximum atomic E-state index is 12.8. The van der Waals surface area contributed by atoms with Crippen LogP contribution in [0.3, 0.4) is 0 Å². The molecular formula is C10H11F3. The van der Waals surface area contributed by atoms with Crippen molar-refractivity contribution in [1.29, 1.82) is 0 Å². The number of rotatable bonds is 2. The Kier molecular flexibility index (Phi) is 2.96. The van der Waals surface area contributed by atoms with Gasteiger partial charge in [0.15, 0.2) is 0 Å². The van der Waals surface area contributed by atoms with Gasteiger partial charge in [-0.1, -0.05) is 19.9 Å². The van der Waals surface area contributed by atoms with Gasteiger partial charge in [-0.3, -0.25) is 0 Å². The van der Waals surface area contributed by atoms with Crippen molar-refractivity contribution in [2.24, 2.45) is 0 Å². The highest BCUT2D eigenvalue weighted by Gasteiger charge is 2.14. The SMILES string of the molecule is CC(C)c1ccc(F)c(C(F)F)c1. The third kappa shape index (κ3) is 2.23. The first-order valence-corrected chi connectivity index (χ1v) is 4.10. The van der Waals surface area contributed by atoms with E-state index in [9.17, 15) is 13.2 Å². The highest BCUT2D eigenvalue weighted by Crippen LogP contribution is 2.25. The first-order valence-electron chi connectivity index (χ1n) is 4.10. The summed E-state index contributed by atoms with van der Waals surface area (Å²) in [7, 11) is 0. The van der Waals surface area contributed by atoms with Crippen LogP contribution in [0.5, 0.6) is 0 Å². The Morgan fingerprint density at radius 2 is 1.77 bits per heavy atom. The Labute approximate surface area is 75.4 Å². The van der Waals surface area contributed by atoms with Crippen LogP contribution < -0.4 is 0 Å². The topological polar surface area (TPSA) is 0 Å². The molecular weight excluding hydrogens is 177 g/mol. The van der Waals surface area contributed by atoms with E-state index in [1.807, 2.05) is 13.8 Å². The van der Waals surface area contributed by atoms with Crippen LogP contribution in [-0.2, 0) is 0 Å². The van der Waals surface area contributed by atoms with E-state index in [0.29, 0.717) is 0 Å². The van der Waals surface area contributed by atoms with Crippen molar-refractivity contribution in [3.8, 4) is 0 Å². The van der Waals surface area contributed by atoms with E-state index in [4.69, 9.17) is 0 Å². The Hall–Kier alpha value is -0.990. The molecule has 1 rings (SSSR count). The monoisotopic (exact) mass is 188 g/mol. The summed E-state index contributed by atoms with van der Waals surface area (Å²) in [6.45, 7) is 3.75. The van der Waals surface area contributed by atoms with E-state index in [1.54, 1.807) is 0 Å². The molecule has 0 spiro atoms. The molecule has 0 aliphatic carbocycles. The van der Waals surface area contributed by atoms with E-state index < -0.39 is 17.8 Å². The molecule has 0 N–H and O–H groups in total. The molecule has 3 heteroatoms. The lowest BCUT2D eigenvalue weighted by molar-refractivity contribution is 0.146. The summed E-state index contributed by atoms with van der Waals surface area (Å²) >= 11 is 0. The van der Waals surface area contributed by atoms with Crippen molar-refractivity contribution < 1.29 is 13.2 Å². The molecule has 0 heterocycles. The second-order valence-electron chi connectivity index (χ2n) is 3.24. The summed E-state index contributed by atoms with van der Waals surface area (Å²) in [5.41, 5.74) is 0.225. The molecule has 1 aromatic carbocycles. The number of halogens is 3. The first kappa shape index (κ1) is 10.1. The molecule has 0 unspecified atom stereocenters.